The van der Waals surface area contributed by atoms with Gasteiger partial charge >= 0.3 is 0 Å². The SMILES string of the molecule is CC/C=C\C/C=C\C/C=C\C/C=C\C/C=C\C/C=C\C/C=C\CCCC(=O)NC(CO)C(O)/C=C/CC/C=C/CCCCCCCCCCCCCCCCCCC. The fraction of sp³-hybridized carbons (Fsp3) is 0.648. The van der Waals surface area contributed by atoms with E-state index in [2.05, 4.69) is 116 Å². The molecule has 0 spiro atoms. The molecule has 0 saturated heterocycles. The number of rotatable bonds is 42. The standard InChI is InChI=1S/C54H91NO3/c1-3-5-7-9-11-13-15-17-19-21-23-25-27-29-31-33-35-37-39-41-43-45-47-49-53(57)52(51-56)55-54(58)50-48-46-44-42-40-38-36-34-32-30-28-26-24-22-20-18-16-14-12-10-8-6-4-2/h6,8,12,14,18,20,24,26,30,32,36,38-39,41-42,44,47,49,52-53,56-57H,3-5,7,9-11,13,15-17,19,21-23,25,27-29,31,33-35,37,40,43,45-46,48,50-51H2,1-2H3,(H,55,58)/b8-6-,14-12-,20-18-,26-24-,32-30-,38-36-,41-39+,44-42-,49-47+. The molecule has 330 valence electrons. The summed E-state index contributed by atoms with van der Waals surface area (Å²) in [6, 6.07) is -0.678. The van der Waals surface area contributed by atoms with Crippen LogP contribution in [0.5, 0.6) is 0 Å². The largest absolute Gasteiger partial charge is 0.394 e. The van der Waals surface area contributed by atoms with E-state index in [-0.39, 0.29) is 12.5 Å². The number of hydrogen-bond donors (Lipinski definition) is 3. The minimum atomic E-state index is -0.894. The number of carbonyl (C=O) groups excluding carboxylic acids is 1. The van der Waals surface area contributed by atoms with Crippen LogP contribution in [0.2, 0.25) is 0 Å². The third-order valence-electron chi connectivity index (χ3n) is 10.2. The van der Waals surface area contributed by atoms with Gasteiger partial charge in [-0.15, -0.1) is 0 Å². The van der Waals surface area contributed by atoms with Gasteiger partial charge in [0.15, 0.2) is 0 Å². The normalized spacial score (nSPS) is 13.9. The number of nitrogens with one attached hydrogen (secondary N) is 1. The van der Waals surface area contributed by atoms with Crippen LogP contribution < -0.4 is 5.32 Å². The van der Waals surface area contributed by atoms with Crippen LogP contribution in [0.15, 0.2) is 109 Å². The third-order valence-corrected chi connectivity index (χ3v) is 10.2. The van der Waals surface area contributed by atoms with Crippen molar-refractivity contribution in [3.8, 4) is 0 Å². The molecule has 0 heterocycles. The van der Waals surface area contributed by atoms with Gasteiger partial charge in [-0.05, 0) is 83.5 Å². The van der Waals surface area contributed by atoms with Crippen molar-refractivity contribution in [3.05, 3.63) is 109 Å². The number of unbranched alkanes of at least 4 members (excludes halogenated alkanes) is 19. The summed E-state index contributed by atoms with van der Waals surface area (Å²) in [7, 11) is 0. The average molecular weight is 802 g/mol. The van der Waals surface area contributed by atoms with Crippen LogP contribution >= 0.6 is 0 Å². The van der Waals surface area contributed by atoms with Gasteiger partial charge in [-0.2, -0.15) is 0 Å². The summed E-state index contributed by atoms with van der Waals surface area (Å²) in [5, 5.41) is 23.0. The van der Waals surface area contributed by atoms with Gasteiger partial charge < -0.3 is 15.5 Å². The average Bonchev–Trinajstić information content (AvgIpc) is 3.23. The van der Waals surface area contributed by atoms with E-state index in [4.69, 9.17) is 0 Å². The van der Waals surface area contributed by atoms with E-state index in [0.29, 0.717) is 6.42 Å². The van der Waals surface area contributed by atoms with Gasteiger partial charge in [0, 0.05) is 6.42 Å². The molecule has 4 nitrogen and oxygen atoms in total. The zero-order valence-electron chi connectivity index (χ0n) is 37.8. The van der Waals surface area contributed by atoms with Crippen LogP contribution in [0.1, 0.15) is 206 Å². The maximum Gasteiger partial charge on any atom is 0.220 e. The van der Waals surface area contributed by atoms with Gasteiger partial charge in [0.25, 0.3) is 0 Å². The lowest BCUT2D eigenvalue weighted by Crippen LogP contribution is -2.45. The van der Waals surface area contributed by atoms with Crippen LogP contribution in [-0.2, 0) is 4.79 Å². The van der Waals surface area contributed by atoms with E-state index in [9.17, 15) is 15.0 Å². The summed E-state index contributed by atoms with van der Waals surface area (Å²) >= 11 is 0. The number of hydrogen-bond acceptors (Lipinski definition) is 3. The Kier molecular flexibility index (Phi) is 46.0. The third kappa shape index (κ3) is 44.2. The first kappa shape index (κ1) is 55.0. The first-order valence-corrected chi connectivity index (χ1v) is 24.1. The lowest BCUT2D eigenvalue weighted by molar-refractivity contribution is -0.122. The zero-order valence-corrected chi connectivity index (χ0v) is 37.8. The topological polar surface area (TPSA) is 69.6 Å². The van der Waals surface area contributed by atoms with Gasteiger partial charge in [-0.1, -0.05) is 226 Å². The van der Waals surface area contributed by atoms with Crippen molar-refractivity contribution in [1.82, 2.24) is 5.32 Å². The predicted octanol–water partition coefficient (Wildman–Crippen LogP) is 15.6. The molecule has 0 fully saturated rings. The van der Waals surface area contributed by atoms with Crippen molar-refractivity contribution in [3.63, 3.8) is 0 Å². The summed E-state index contributed by atoms with van der Waals surface area (Å²) in [6.07, 6.45) is 73.6. The Morgan fingerprint density at radius 1 is 0.431 bits per heavy atom. The molecule has 0 rings (SSSR count). The van der Waals surface area contributed by atoms with Crippen molar-refractivity contribution in [1.29, 1.82) is 0 Å². The fourth-order valence-electron chi connectivity index (χ4n) is 6.59. The van der Waals surface area contributed by atoms with E-state index in [1.807, 2.05) is 6.08 Å². The van der Waals surface area contributed by atoms with Crippen LogP contribution in [0.25, 0.3) is 0 Å². The van der Waals surface area contributed by atoms with Crippen molar-refractivity contribution in [2.45, 2.75) is 219 Å². The fourth-order valence-corrected chi connectivity index (χ4v) is 6.59. The number of aliphatic hydroxyl groups excluding tert-OH is 2. The zero-order chi connectivity index (χ0) is 42.1. The second kappa shape index (κ2) is 48.4. The lowest BCUT2D eigenvalue weighted by atomic mass is 10.0. The molecule has 0 aliphatic rings. The van der Waals surface area contributed by atoms with Gasteiger partial charge in [0.05, 0.1) is 18.8 Å². The Labute approximate surface area is 359 Å². The quantitative estimate of drug-likeness (QED) is 0.0425. The molecule has 0 bridgehead atoms. The monoisotopic (exact) mass is 802 g/mol. The Morgan fingerprint density at radius 3 is 1.21 bits per heavy atom. The maximum absolute atomic E-state index is 12.4. The number of aliphatic hydroxyl groups is 2. The Balaban J connectivity index is 3.74. The van der Waals surface area contributed by atoms with E-state index in [1.165, 1.54) is 109 Å². The molecule has 1 amide bonds. The molecule has 2 atom stereocenters. The highest BCUT2D eigenvalue weighted by Crippen LogP contribution is 2.14. The summed E-state index contributed by atoms with van der Waals surface area (Å²) in [5.41, 5.74) is 0. The van der Waals surface area contributed by atoms with Crippen molar-refractivity contribution in [2.75, 3.05) is 6.61 Å². The molecule has 0 aliphatic heterocycles. The Hall–Kier alpha value is -2.95. The number of carbonyl (C=O) groups is 1. The Bertz CT molecular complexity index is 1140. The summed E-state index contributed by atoms with van der Waals surface area (Å²) < 4.78 is 0. The van der Waals surface area contributed by atoms with Gasteiger partial charge in [0.1, 0.15) is 0 Å². The number of amides is 1. The molecule has 3 N–H and O–H groups in total. The highest BCUT2D eigenvalue weighted by molar-refractivity contribution is 5.76. The predicted molar refractivity (Wildman–Crippen MR) is 257 cm³/mol. The molecule has 2 unspecified atom stereocenters. The van der Waals surface area contributed by atoms with Crippen molar-refractivity contribution >= 4 is 5.91 Å². The van der Waals surface area contributed by atoms with Crippen LogP contribution in [0.4, 0.5) is 0 Å². The molecular weight excluding hydrogens is 711 g/mol. The molecule has 4 heteroatoms. The Morgan fingerprint density at radius 2 is 0.776 bits per heavy atom. The highest BCUT2D eigenvalue weighted by Gasteiger charge is 2.17. The van der Waals surface area contributed by atoms with Crippen LogP contribution in [0, 0.1) is 0 Å². The summed E-state index contributed by atoms with van der Waals surface area (Å²) in [4.78, 5) is 12.4. The second-order valence-electron chi connectivity index (χ2n) is 15.8. The lowest BCUT2D eigenvalue weighted by Gasteiger charge is -2.19. The molecular formula is C54H91NO3. The van der Waals surface area contributed by atoms with Crippen LogP contribution in [0.3, 0.4) is 0 Å². The number of allylic oxidation sites excluding steroid dienone is 17. The minimum Gasteiger partial charge on any atom is -0.394 e. The van der Waals surface area contributed by atoms with E-state index < -0.39 is 12.1 Å². The van der Waals surface area contributed by atoms with Gasteiger partial charge in [0.2, 0.25) is 5.91 Å². The maximum atomic E-state index is 12.4. The smallest absolute Gasteiger partial charge is 0.220 e. The van der Waals surface area contributed by atoms with Gasteiger partial charge in [-0.25, -0.2) is 0 Å². The molecule has 0 aromatic carbocycles. The molecule has 0 aromatic heterocycles. The first-order chi connectivity index (χ1) is 28.7. The van der Waals surface area contributed by atoms with E-state index >= 15 is 0 Å². The van der Waals surface area contributed by atoms with Crippen molar-refractivity contribution < 1.29 is 15.0 Å². The van der Waals surface area contributed by atoms with E-state index in [0.717, 1.165) is 77.0 Å². The highest BCUT2D eigenvalue weighted by atomic mass is 16.3. The second-order valence-corrected chi connectivity index (χ2v) is 15.8. The van der Waals surface area contributed by atoms with Gasteiger partial charge in [-0.3, -0.25) is 4.79 Å². The molecule has 0 saturated carbocycles. The summed E-state index contributed by atoms with van der Waals surface area (Å²) in [6.45, 7) is 4.16. The summed E-state index contributed by atoms with van der Waals surface area (Å²) in [5.74, 6) is -0.135. The molecule has 58 heavy (non-hydrogen) atoms. The van der Waals surface area contributed by atoms with Crippen molar-refractivity contribution in [2.24, 2.45) is 0 Å². The minimum absolute atomic E-state index is 0.135. The molecule has 0 radical (unpaired) electrons. The first-order valence-electron chi connectivity index (χ1n) is 24.1. The van der Waals surface area contributed by atoms with Crippen LogP contribution in [-0.4, -0.2) is 34.9 Å². The molecule has 0 aliphatic carbocycles. The molecule has 0 aromatic rings. The van der Waals surface area contributed by atoms with E-state index in [1.54, 1.807) is 6.08 Å².